The molecule has 88 valence electrons. The molecule has 1 heterocycles. The maximum absolute atomic E-state index is 5.69. The van der Waals surface area contributed by atoms with Crippen molar-refractivity contribution in [3.05, 3.63) is 77.1 Å². The predicted molar refractivity (Wildman–Crippen MR) is 71.6 cm³/mol. The SMILES string of the molecule is C=C1N=c2cccc/c2=C/Cc2ccccc2O1. The number of fused-ring (bicyclic) bond motifs is 2. The maximum atomic E-state index is 5.69. The molecule has 1 aliphatic rings. The monoisotopic (exact) mass is 235 g/mol. The van der Waals surface area contributed by atoms with Crippen molar-refractivity contribution in [2.24, 2.45) is 4.99 Å². The zero-order valence-electron chi connectivity index (χ0n) is 9.97. The van der Waals surface area contributed by atoms with Gasteiger partial charge in [-0.15, -0.1) is 0 Å². The molecule has 2 heteroatoms. The van der Waals surface area contributed by atoms with Crippen LogP contribution in [0.5, 0.6) is 5.75 Å². The first kappa shape index (κ1) is 10.8. The normalized spacial score (nSPS) is 15.6. The van der Waals surface area contributed by atoms with Gasteiger partial charge in [-0.25, -0.2) is 4.99 Å². The molecule has 0 radical (unpaired) electrons. The molecule has 0 saturated carbocycles. The molecule has 3 rings (SSSR count). The first-order valence-corrected chi connectivity index (χ1v) is 5.91. The van der Waals surface area contributed by atoms with Crippen molar-refractivity contribution in [2.75, 3.05) is 0 Å². The van der Waals surface area contributed by atoms with Crippen LogP contribution < -0.4 is 15.3 Å². The van der Waals surface area contributed by atoms with E-state index in [-0.39, 0.29) is 0 Å². The van der Waals surface area contributed by atoms with Crippen LogP contribution in [-0.4, -0.2) is 0 Å². The second kappa shape index (κ2) is 4.49. The van der Waals surface area contributed by atoms with E-state index in [4.69, 9.17) is 4.74 Å². The lowest BCUT2D eigenvalue weighted by Gasteiger charge is -2.07. The summed E-state index contributed by atoms with van der Waals surface area (Å²) >= 11 is 0. The maximum Gasteiger partial charge on any atom is 0.212 e. The molecule has 0 aliphatic carbocycles. The number of benzene rings is 2. The van der Waals surface area contributed by atoms with Crippen LogP contribution in [0.25, 0.3) is 6.08 Å². The molecular weight excluding hydrogens is 222 g/mol. The quantitative estimate of drug-likeness (QED) is 0.686. The third-order valence-electron chi connectivity index (χ3n) is 2.92. The Hall–Kier alpha value is -2.35. The predicted octanol–water partition coefficient (Wildman–Crippen LogP) is 2.19. The van der Waals surface area contributed by atoms with E-state index in [1.165, 1.54) is 0 Å². The summed E-state index contributed by atoms with van der Waals surface area (Å²) in [5.74, 6) is 1.25. The van der Waals surface area contributed by atoms with Gasteiger partial charge in [-0.05, 0) is 35.9 Å². The van der Waals surface area contributed by atoms with Gasteiger partial charge in [-0.3, -0.25) is 0 Å². The van der Waals surface area contributed by atoms with Crippen molar-refractivity contribution in [2.45, 2.75) is 6.42 Å². The molecule has 0 amide bonds. The minimum absolute atomic E-state index is 0.421. The van der Waals surface area contributed by atoms with Gasteiger partial charge in [0, 0.05) is 0 Å². The summed E-state index contributed by atoms with van der Waals surface area (Å²) in [4.78, 5) is 4.41. The summed E-state index contributed by atoms with van der Waals surface area (Å²) in [6.07, 6.45) is 3.00. The van der Waals surface area contributed by atoms with Crippen molar-refractivity contribution in [3.8, 4) is 5.75 Å². The molecule has 1 aliphatic heterocycles. The summed E-state index contributed by atoms with van der Waals surface area (Å²) in [5, 5.41) is 2.01. The largest absolute Gasteiger partial charge is 0.439 e. The van der Waals surface area contributed by atoms with Crippen molar-refractivity contribution < 1.29 is 4.74 Å². The van der Waals surface area contributed by atoms with Crippen LogP contribution >= 0.6 is 0 Å². The highest BCUT2D eigenvalue weighted by molar-refractivity contribution is 5.42. The van der Waals surface area contributed by atoms with Gasteiger partial charge in [-0.2, -0.15) is 0 Å². The van der Waals surface area contributed by atoms with Crippen LogP contribution in [0.15, 0.2) is 66.0 Å². The zero-order valence-corrected chi connectivity index (χ0v) is 9.97. The van der Waals surface area contributed by atoms with Crippen molar-refractivity contribution in [1.29, 1.82) is 0 Å². The summed E-state index contributed by atoms with van der Waals surface area (Å²) in [7, 11) is 0. The van der Waals surface area contributed by atoms with Crippen LogP contribution in [-0.2, 0) is 6.42 Å². The first-order valence-electron chi connectivity index (χ1n) is 5.91. The van der Waals surface area contributed by atoms with E-state index >= 15 is 0 Å². The first-order chi connectivity index (χ1) is 8.83. The van der Waals surface area contributed by atoms with E-state index in [1.807, 2.05) is 36.4 Å². The Kier molecular flexibility index (Phi) is 2.69. The molecule has 0 bridgehead atoms. The summed E-state index contributed by atoms with van der Waals surface area (Å²) in [6.45, 7) is 3.85. The van der Waals surface area contributed by atoms with Gasteiger partial charge in [-0.1, -0.05) is 42.5 Å². The molecule has 2 aromatic carbocycles. The number of nitrogens with zero attached hydrogens (tertiary/aromatic N) is 1. The summed E-state index contributed by atoms with van der Waals surface area (Å²) in [6, 6.07) is 16.0. The van der Waals surface area contributed by atoms with Crippen LogP contribution in [0.3, 0.4) is 0 Å². The lowest BCUT2D eigenvalue weighted by atomic mass is 10.1. The Morgan fingerprint density at radius 2 is 1.78 bits per heavy atom. The van der Waals surface area contributed by atoms with Crippen molar-refractivity contribution in [1.82, 2.24) is 0 Å². The standard InChI is InChI=1S/C16H13NO/c1-12-17-15-8-4-2-6-13(15)10-11-14-7-3-5-9-16(14)18-12/h2-10H,1,11H2/b13-10-,17-15?. The van der Waals surface area contributed by atoms with E-state index in [0.717, 1.165) is 28.3 Å². The molecular formula is C16H13NO. The summed E-state index contributed by atoms with van der Waals surface area (Å²) < 4.78 is 5.69. The number of ether oxygens (including phenoxy) is 1. The average Bonchev–Trinajstić information content (AvgIpc) is 2.45. The van der Waals surface area contributed by atoms with Gasteiger partial charge in [0.2, 0.25) is 5.88 Å². The number of rotatable bonds is 0. The molecule has 2 aromatic rings. The lowest BCUT2D eigenvalue weighted by Crippen LogP contribution is -2.24. The third kappa shape index (κ3) is 2.05. The van der Waals surface area contributed by atoms with Gasteiger partial charge in [0.1, 0.15) is 5.75 Å². The number of para-hydroxylation sites is 2. The summed E-state index contributed by atoms with van der Waals surface area (Å²) in [5.41, 5.74) is 1.14. The minimum Gasteiger partial charge on any atom is -0.439 e. The molecule has 18 heavy (non-hydrogen) atoms. The van der Waals surface area contributed by atoms with Crippen LogP contribution in [0, 0.1) is 0 Å². The Morgan fingerprint density at radius 1 is 1.00 bits per heavy atom. The molecule has 0 fully saturated rings. The molecule has 0 unspecified atom stereocenters. The fourth-order valence-corrected chi connectivity index (χ4v) is 2.04. The molecule has 0 saturated heterocycles. The lowest BCUT2D eigenvalue weighted by molar-refractivity contribution is 0.417. The molecule has 2 nitrogen and oxygen atoms in total. The van der Waals surface area contributed by atoms with Crippen LogP contribution in [0.1, 0.15) is 5.56 Å². The van der Waals surface area contributed by atoms with Crippen LogP contribution in [0.4, 0.5) is 0 Å². The van der Waals surface area contributed by atoms with Crippen LogP contribution in [0.2, 0.25) is 0 Å². The Balaban J connectivity index is 2.22. The van der Waals surface area contributed by atoms with E-state index in [9.17, 15) is 0 Å². The molecule has 0 atom stereocenters. The highest BCUT2D eigenvalue weighted by atomic mass is 16.5. The second-order valence-corrected chi connectivity index (χ2v) is 4.18. The Bertz CT molecular complexity index is 716. The van der Waals surface area contributed by atoms with Gasteiger partial charge in [0.25, 0.3) is 0 Å². The second-order valence-electron chi connectivity index (χ2n) is 4.18. The van der Waals surface area contributed by atoms with Gasteiger partial charge in [0.05, 0.1) is 5.36 Å². The Labute approximate surface area is 106 Å². The fourth-order valence-electron chi connectivity index (χ4n) is 2.04. The molecule has 0 spiro atoms. The number of hydrogen-bond acceptors (Lipinski definition) is 2. The van der Waals surface area contributed by atoms with E-state index in [0.29, 0.717) is 5.88 Å². The zero-order chi connectivity index (χ0) is 12.4. The molecule has 0 aromatic heterocycles. The molecule has 0 N–H and O–H groups in total. The minimum atomic E-state index is 0.421. The third-order valence-corrected chi connectivity index (χ3v) is 2.92. The van der Waals surface area contributed by atoms with Crippen molar-refractivity contribution in [3.63, 3.8) is 0 Å². The van der Waals surface area contributed by atoms with E-state index in [1.54, 1.807) is 0 Å². The van der Waals surface area contributed by atoms with E-state index < -0.39 is 0 Å². The van der Waals surface area contributed by atoms with Gasteiger partial charge in [0.15, 0.2) is 0 Å². The highest BCUT2D eigenvalue weighted by Crippen LogP contribution is 2.21. The van der Waals surface area contributed by atoms with Crippen molar-refractivity contribution >= 4 is 6.08 Å². The topological polar surface area (TPSA) is 21.6 Å². The number of hydrogen-bond donors (Lipinski definition) is 0. The fraction of sp³-hybridized carbons (Fsp3) is 0.0625. The highest BCUT2D eigenvalue weighted by Gasteiger charge is 2.05. The Morgan fingerprint density at radius 3 is 2.72 bits per heavy atom. The smallest absolute Gasteiger partial charge is 0.212 e. The van der Waals surface area contributed by atoms with Gasteiger partial charge < -0.3 is 4.74 Å². The average molecular weight is 235 g/mol. The van der Waals surface area contributed by atoms with Gasteiger partial charge >= 0.3 is 0 Å². The van der Waals surface area contributed by atoms with E-state index in [2.05, 4.69) is 29.8 Å².